The SMILES string of the molecule is CC(C)=CC(=O)C=C(C)Cc1ccco1. The van der Waals surface area contributed by atoms with Crippen LogP contribution in [0.4, 0.5) is 0 Å². The Bertz CT molecular complexity index is 377. The van der Waals surface area contributed by atoms with Gasteiger partial charge in [0, 0.05) is 6.42 Å². The van der Waals surface area contributed by atoms with Crippen LogP contribution in [-0.2, 0) is 11.2 Å². The molecule has 0 saturated heterocycles. The van der Waals surface area contributed by atoms with Crippen molar-refractivity contribution in [3.63, 3.8) is 0 Å². The average molecular weight is 204 g/mol. The number of carbonyl (C=O) groups is 1. The van der Waals surface area contributed by atoms with Crippen molar-refractivity contribution < 1.29 is 9.21 Å². The summed E-state index contributed by atoms with van der Waals surface area (Å²) in [5.41, 5.74) is 2.02. The Morgan fingerprint density at radius 1 is 1.33 bits per heavy atom. The Hall–Kier alpha value is -1.57. The lowest BCUT2D eigenvalue weighted by Gasteiger charge is -1.96. The highest BCUT2D eigenvalue weighted by atomic mass is 16.3. The number of hydrogen-bond acceptors (Lipinski definition) is 2. The standard InChI is InChI=1S/C13H16O2/c1-10(2)7-12(14)8-11(3)9-13-5-4-6-15-13/h4-8H,9H2,1-3H3. The summed E-state index contributed by atoms with van der Waals surface area (Å²) in [4.78, 5) is 11.4. The molecule has 1 heterocycles. The molecule has 0 unspecified atom stereocenters. The summed E-state index contributed by atoms with van der Waals surface area (Å²) >= 11 is 0. The number of ketones is 1. The zero-order chi connectivity index (χ0) is 11.3. The molecule has 0 bridgehead atoms. The van der Waals surface area contributed by atoms with Gasteiger partial charge in [-0.25, -0.2) is 0 Å². The Morgan fingerprint density at radius 3 is 2.60 bits per heavy atom. The molecule has 0 N–H and O–H groups in total. The summed E-state index contributed by atoms with van der Waals surface area (Å²) < 4.78 is 5.20. The van der Waals surface area contributed by atoms with Crippen LogP contribution in [0.15, 0.2) is 46.1 Å². The van der Waals surface area contributed by atoms with E-state index in [1.807, 2.05) is 32.9 Å². The minimum atomic E-state index is 0.0408. The summed E-state index contributed by atoms with van der Waals surface area (Å²) in [6.45, 7) is 5.75. The highest BCUT2D eigenvalue weighted by Crippen LogP contribution is 2.08. The Kier molecular flexibility index (Phi) is 4.10. The van der Waals surface area contributed by atoms with Crippen LogP contribution in [0.5, 0.6) is 0 Å². The van der Waals surface area contributed by atoms with Gasteiger partial charge in [-0.2, -0.15) is 0 Å². The molecule has 0 radical (unpaired) electrons. The molecule has 0 aliphatic rings. The second-order valence-electron chi connectivity index (χ2n) is 3.87. The topological polar surface area (TPSA) is 30.2 Å². The van der Waals surface area contributed by atoms with E-state index in [-0.39, 0.29) is 5.78 Å². The van der Waals surface area contributed by atoms with Gasteiger partial charge in [0.2, 0.25) is 0 Å². The highest BCUT2D eigenvalue weighted by Gasteiger charge is 1.99. The summed E-state index contributed by atoms with van der Waals surface area (Å²) in [5.74, 6) is 0.924. The highest BCUT2D eigenvalue weighted by molar-refractivity contribution is 6.00. The molecule has 1 rings (SSSR count). The molecule has 80 valence electrons. The van der Waals surface area contributed by atoms with Crippen molar-refractivity contribution in [1.29, 1.82) is 0 Å². The number of allylic oxidation sites excluding steroid dienone is 4. The van der Waals surface area contributed by atoms with Crippen molar-refractivity contribution >= 4 is 5.78 Å². The van der Waals surface area contributed by atoms with Crippen LogP contribution < -0.4 is 0 Å². The molecule has 0 fully saturated rings. The monoisotopic (exact) mass is 204 g/mol. The molecule has 0 aromatic carbocycles. The molecule has 2 nitrogen and oxygen atoms in total. The van der Waals surface area contributed by atoms with Crippen LogP contribution in [0.1, 0.15) is 26.5 Å². The zero-order valence-electron chi connectivity index (χ0n) is 9.41. The zero-order valence-corrected chi connectivity index (χ0v) is 9.41. The summed E-state index contributed by atoms with van der Waals surface area (Å²) in [7, 11) is 0. The van der Waals surface area contributed by atoms with Crippen LogP contribution in [0.3, 0.4) is 0 Å². The lowest BCUT2D eigenvalue weighted by Crippen LogP contribution is -1.92. The van der Waals surface area contributed by atoms with E-state index in [1.165, 1.54) is 0 Å². The predicted octanol–water partition coefficient (Wildman–Crippen LogP) is 3.30. The maximum atomic E-state index is 11.4. The number of hydrogen-bond donors (Lipinski definition) is 0. The second kappa shape index (κ2) is 5.35. The van der Waals surface area contributed by atoms with Gasteiger partial charge in [-0.15, -0.1) is 0 Å². The molecule has 1 aromatic rings. The maximum Gasteiger partial charge on any atom is 0.178 e. The Morgan fingerprint density at radius 2 is 2.07 bits per heavy atom. The van der Waals surface area contributed by atoms with Crippen LogP contribution in [-0.4, -0.2) is 5.78 Å². The van der Waals surface area contributed by atoms with Gasteiger partial charge in [0.05, 0.1) is 6.26 Å². The van der Waals surface area contributed by atoms with E-state index in [0.717, 1.165) is 16.9 Å². The normalized spacial score (nSPS) is 11.3. The van der Waals surface area contributed by atoms with E-state index in [0.29, 0.717) is 6.42 Å². The van der Waals surface area contributed by atoms with Gasteiger partial charge < -0.3 is 4.42 Å². The third-order valence-corrected chi connectivity index (χ3v) is 1.85. The van der Waals surface area contributed by atoms with Crippen molar-refractivity contribution in [3.8, 4) is 0 Å². The first-order valence-electron chi connectivity index (χ1n) is 4.96. The van der Waals surface area contributed by atoms with Gasteiger partial charge in [-0.05, 0) is 45.1 Å². The van der Waals surface area contributed by atoms with Crippen LogP contribution >= 0.6 is 0 Å². The van der Waals surface area contributed by atoms with Crippen molar-refractivity contribution in [3.05, 3.63) is 47.5 Å². The van der Waals surface area contributed by atoms with Gasteiger partial charge in [-0.3, -0.25) is 4.79 Å². The smallest absolute Gasteiger partial charge is 0.178 e. The fourth-order valence-corrected chi connectivity index (χ4v) is 1.31. The van der Waals surface area contributed by atoms with E-state index in [4.69, 9.17) is 4.42 Å². The lowest BCUT2D eigenvalue weighted by molar-refractivity contribution is -0.110. The number of rotatable bonds is 4. The molecule has 2 heteroatoms. The fourth-order valence-electron chi connectivity index (χ4n) is 1.31. The molecule has 0 atom stereocenters. The largest absolute Gasteiger partial charge is 0.469 e. The Labute approximate surface area is 90.3 Å². The molecule has 0 amide bonds. The lowest BCUT2D eigenvalue weighted by atomic mass is 10.1. The first-order valence-corrected chi connectivity index (χ1v) is 4.96. The van der Waals surface area contributed by atoms with E-state index < -0.39 is 0 Å². The predicted molar refractivity (Wildman–Crippen MR) is 60.6 cm³/mol. The number of furan rings is 1. The molecular weight excluding hydrogens is 188 g/mol. The number of carbonyl (C=O) groups excluding carboxylic acids is 1. The first-order chi connectivity index (χ1) is 7.08. The van der Waals surface area contributed by atoms with E-state index in [1.54, 1.807) is 18.4 Å². The van der Waals surface area contributed by atoms with Gasteiger partial charge >= 0.3 is 0 Å². The van der Waals surface area contributed by atoms with Crippen molar-refractivity contribution in [2.75, 3.05) is 0 Å². The van der Waals surface area contributed by atoms with E-state index in [2.05, 4.69) is 0 Å². The van der Waals surface area contributed by atoms with Crippen LogP contribution in [0, 0.1) is 0 Å². The molecule has 0 aliphatic heterocycles. The third-order valence-electron chi connectivity index (χ3n) is 1.85. The molecule has 0 saturated carbocycles. The van der Waals surface area contributed by atoms with Gasteiger partial charge in [0.15, 0.2) is 5.78 Å². The molecule has 1 aromatic heterocycles. The Balaban J connectivity index is 2.60. The van der Waals surface area contributed by atoms with Gasteiger partial charge in [0.1, 0.15) is 5.76 Å². The second-order valence-corrected chi connectivity index (χ2v) is 3.87. The van der Waals surface area contributed by atoms with Crippen LogP contribution in [0.25, 0.3) is 0 Å². The summed E-state index contributed by atoms with van der Waals surface area (Å²) in [5, 5.41) is 0. The molecular formula is C13H16O2. The van der Waals surface area contributed by atoms with Gasteiger partial charge in [0.25, 0.3) is 0 Å². The molecule has 15 heavy (non-hydrogen) atoms. The third kappa shape index (κ3) is 4.45. The summed E-state index contributed by atoms with van der Waals surface area (Å²) in [6, 6.07) is 3.75. The van der Waals surface area contributed by atoms with Crippen LogP contribution in [0.2, 0.25) is 0 Å². The first kappa shape index (κ1) is 11.5. The van der Waals surface area contributed by atoms with Crippen molar-refractivity contribution in [2.24, 2.45) is 0 Å². The minimum Gasteiger partial charge on any atom is -0.469 e. The van der Waals surface area contributed by atoms with Crippen molar-refractivity contribution in [2.45, 2.75) is 27.2 Å². The quantitative estimate of drug-likeness (QED) is 0.704. The molecule has 0 spiro atoms. The fraction of sp³-hybridized carbons (Fsp3) is 0.308. The minimum absolute atomic E-state index is 0.0408. The maximum absolute atomic E-state index is 11.4. The molecule has 0 aliphatic carbocycles. The van der Waals surface area contributed by atoms with E-state index in [9.17, 15) is 4.79 Å². The van der Waals surface area contributed by atoms with Crippen molar-refractivity contribution in [1.82, 2.24) is 0 Å². The average Bonchev–Trinajstić information content (AvgIpc) is 2.53. The van der Waals surface area contributed by atoms with Gasteiger partial charge in [-0.1, -0.05) is 11.1 Å². The van der Waals surface area contributed by atoms with E-state index >= 15 is 0 Å². The summed E-state index contributed by atoms with van der Waals surface area (Å²) in [6.07, 6.45) is 5.61.